The highest BCUT2D eigenvalue weighted by Gasteiger charge is 2.70. The second kappa shape index (κ2) is 19.2. The number of fused-ring (bicyclic) bond motifs is 5. The van der Waals surface area contributed by atoms with Crippen molar-refractivity contribution in [2.45, 2.75) is 166 Å². The number of benzene rings is 1. The van der Waals surface area contributed by atoms with Crippen molar-refractivity contribution in [3.63, 3.8) is 0 Å². The van der Waals surface area contributed by atoms with Gasteiger partial charge in [0.15, 0.2) is 36.3 Å². The van der Waals surface area contributed by atoms with Crippen LogP contribution in [0.25, 0.3) is 0 Å². The normalized spacial score (nSPS) is 41.2. The Kier molecular flexibility index (Phi) is 14.6. The number of carbonyl (C=O) groups excluding carboxylic acids is 3. The van der Waals surface area contributed by atoms with E-state index in [2.05, 4.69) is 33.8 Å². The average Bonchev–Trinajstić information content (AvgIpc) is 3.49. The van der Waals surface area contributed by atoms with Crippen LogP contribution in [0, 0.1) is 40.4 Å². The fraction of sp³-hybridized carbons (Fsp3) is 0.771. The van der Waals surface area contributed by atoms with Crippen LogP contribution in [0.5, 0.6) is 11.5 Å². The molecule has 0 amide bonds. The average molecular weight is 903 g/mol. The molecule has 7 rings (SSSR count). The van der Waals surface area contributed by atoms with Gasteiger partial charge in [0, 0.05) is 24.7 Å². The second-order valence-corrected chi connectivity index (χ2v) is 20.1. The zero-order chi connectivity index (χ0) is 46.5. The Morgan fingerprint density at radius 2 is 1.53 bits per heavy atom. The van der Waals surface area contributed by atoms with Gasteiger partial charge in [-0.2, -0.15) is 0 Å². The Morgan fingerprint density at radius 1 is 0.844 bits per heavy atom. The van der Waals surface area contributed by atoms with Crippen molar-refractivity contribution in [3.8, 4) is 11.5 Å². The van der Waals surface area contributed by atoms with Gasteiger partial charge in [0.1, 0.15) is 35.8 Å². The number of Topliss-reactive ketones (excluding diaryl/α,β-unsaturated/α-hetero) is 1. The summed E-state index contributed by atoms with van der Waals surface area (Å²) >= 11 is 0. The van der Waals surface area contributed by atoms with Crippen LogP contribution in [0.1, 0.15) is 110 Å². The highest BCUT2D eigenvalue weighted by Crippen LogP contribution is 2.69. The summed E-state index contributed by atoms with van der Waals surface area (Å²) in [6.07, 6.45) is -5.42. The minimum atomic E-state index is -1.69. The Morgan fingerprint density at radius 3 is 2.20 bits per heavy atom. The number of allylic oxidation sites excluding steroid dienone is 1. The van der Waals surface area contributed by atoms with E-state index >= 15 is 0 Å². The topological polar surface area (TPSA) is 226 Å². The van der Waals surface area contributed by atoms with E-state index in [1.165, 1.54) is 44.9 Å². The van der Waals surface area contributed by atoms with Gasteiger partial charge in [-0.1, -0.05) is 46.3 Å². The first kappa shape index (κ1) is 48.7. The molecule has 358 valence electrons. The van der Waals surface area contributed by atoms with Crippen molar-refractivity contribution in [3.05, 3.63) is 35.4 Å². The maximum Gasteiger partial charge on any atom is 0.338 e. The quantitative estimate of drug-likeness (QED) is 0.131. The SMILES string of the molecule is COc1ccc(C(=O)O[C@H]2[C@H](O[C@@H]3[C@@H](OC(C)=O)[C@H](O[C@H]4C[C@H]5[C@@H]6CC=C7C[C@@H](O)CC[C@]7(C)[C@H]6CC[C@]5(C)[C@@]4(O)[C@H](C)C(=O)CCC(C)C)OC[C@@H]3O)OC[C@@H](O)[C@@H]2O)cc1OC. The lowest BCUT2D eigenvalue weighted by atomic mass is 9.46. The molecule has 2 heterocycles. The molecule has 0 spiro atoms. The molecule has 0 radical (unpaired) electrons. The Hall–Kier alpha value is -3.19. The van der Waals surface area contributed by atoms with Gasteiger partial charge in [0.05, 0.1) is 45.2 Å². The van der Waals surface area contributed by atoms with Gasteiger partial charge in [-0.25, -0.2) is 4.79 Å². The molecule has 1 aromatic rings. The molecule has 3 saturated carbocycles. The number of aliphatic hydroxyl groups is 5. The number of methoxy groups -OCH3 is 2. The number of carbonyl (C=O) groups is 3. The van der Waals surface area contributed by atoms with Gasteiger partial charge in [-0.3, -0.25) is 9.59 Å². The first-order chi connectivity index (χ1) is 30.3. The third kappa shape index (κ3) is 8.88. The molecule has 16 heteroatoms. The van der Waals surface area contributed by atoms with Gasteiger partial charge in [-0.15, -0.1) is 0 Å². The predicted octanol–water partition coefficient (Wildman–Crippen LogP) is 4.03. The fourth-order valence-electron chi connectivity index (χ4n) is 12.3. The first-order valence-electron chi connectivity index (χ1n) is 23.1. The Bertz CT molecular complexity index is 1890. The lowest BCUT2D eigenvalue weighted by Gasteiger charge is -2.59. The van der Waals surface area contributed by atoms with Crippen molar-refractivity contribution < 1.29 is 77.8 Å². The van der Waals surface area contributed by atoms with E-state index in [-0.39, 0.29) is 59.4 Å². The van der Waals surface area contributed by atoms with Gasteiger partial charge in [-0.05, 0) is 98.7 Å². The molecular weight excluding hydrogens is 833 g/mol. The number of rotatable bonds is 14. The van der Waals surface area contributed by atoms with E-state index in [0.717, 1.165) is 25.7 Å². The summed E-state index contributed by atoms with van der Waals surface area (Å²) in [5.41, 5.74) is -1.21. The molecule has 2 aliphatic heterocycles. The minimum absolute atomic E-state index is 0.0268. The molecule has 17 atom stereocenters. The lowest BCUT2D eigenvalue weighted by Crippen LogP contribution is -2.64. The molecule has 1 aromatic carbocycles. The van der Waals surface area contributed by atoms with Crippen LogP contribution >= 0.6 is 0 Å². The van der Waals surface area contributed by atoms with Crippen molar-refractivity contribution in [1.29, 1.82) is 0 Å². The lowest BCUT2D eigenvalue weighted by molar-refractivity contribution is -0.345. The summed E-state index contributed by atoms with van der Waals surface area (Å²) in [7, 11) is 2.84. The molecular formula is C48H70O16. The van der Waals surface area contributed by atoms with Crippen LogP contribution in [-0.4, -0.2) is 138 Å². The fourth-order valence-corrected chi connectivity index (χ4v) is 12.3. The third-order valence-electron chi connectivity index (χ3n) is 16.0. The number of ether oxygens (including phenoxy) is 8. The summed E-state index contributed by atoms with van der Waals surface area (Å²) in [5.74, 6) is -1.32. The van der Waals surface area contributed by atoms with Crippen molar-refractivity contribution in [1.82, 2.24) is 0 Å². The maximum absolute atomic E-state index is 14.2. The number of hydrogen-bond acceptors (Lipinski definition) is 16. The van der Waals surface area contributed by atoms with Crippen LogP contribution in [0.15, 0.2) is 29.8 Å². The molecule has 4 aliphatic carbocycles. The summed E-state index contributed by atoms with van der Waals surface area (Å²) < 4.78 is 47.2. The number of esters is 2. The van der Waals surface area contributed by atoms with Gasteiger partial charge < -0.3 is 63.4 Å². The maximum atomic E-state index is 14.2. The molecule has 5 fully saturated rings. The van der Waals surface area contributed by atoms with E-state index in [1.54, 1.807) is 6.92 Å². The monoisotopic (exact) mass is 902 g/mol. The zero-order valence-corrected chi connectivity index (χ0v) is 38.5. The molecule has 0 bridgehead atoms. The zero-order valence-electron chi connectivity index (χ0n) is 38.5. The van der Waals surface area contributed by atoms with Crippen molar-refractivity contribution >= 4 is 17.7 Å². The molecule has 64 heavy (non-hydrogen) atoms. The van der Waals surface area contributed by atoms with Crippen LogP contribution < -0.4 is 9.47 Å². The van der Waals surface area contributed by atoms with Crippen LogP contribution in [0.3, 0.4) is 0 Å². The largest absolute Gasteiger partial charge is 0.493 e. The number of hydrogen-bond donors (Lipinski definition) is 5. The molecule has 0 aromatic heterocycles. The second-order valence-electron chi connectivity index (χ2n) is 20.1. The molecule has 0 unspecified atom stereocenters. The van der Waals surface area contributed by atoms with E-state index in [0.29, 0.717) is 37.4 Å². The standard InChI is InChI=1S/C48H70O16/c1-24(2)9-13-33(51)25(3)48(56)38(21-32-30-12-11-28-20-29(50)15-17-46(28,5)31(30)16-18-47(32,48)6)62-45-42(61-26(4)49)40(35(53)23-60-45)64-44-41(39(54)34(52)22-59-44)63-43(55)27-10-14-36(57-7)37(19-27)58-8/h10-11,14,19,24-25,29-32,34-35,38-42,44-45,50,52-54,56H,9,12-13,15-18,20-23H2,1-8H3/t25-,29+,30-,31+,32+,34-,35+,38+,39+,40+,41-,42-,44+,45+,46+,47+,48-/m1/s1. The van der Waals surface area contributed by atoms with E-state index in [9.17, 15) is 39.9 Å². The number of aliphatic hydroxyl groups excluding tert-OH is 4. The van der Waals surface area contributed by atoms with E-state index in [1.807, 2.05) is 0 Å². The highest BCUT2D eigenvalue weighted by molar-refractivity contribution is 5.90. The molecule has 2 saturated heterocycles. The van der Waals surface area contributed by atoms with E-state index in [4.69, 9.17) is 37.9 Å². The van der Waals surface area contributed by atoms with Gasteiger partial charge in [0.25, 0.3) is 0 Å². The van der Waals surface area contributed by atoms with Gasteiger partial charge >= 0.3 is 11.9 Å². The molecule has 16 nitrogen and oxygen atoms in total. The Labute approximate surface area is 375 Å². The van der Waals surface area contributed by atoms with Crippen molar-refractivity contribution in [2.24, 2.45) is 40.4 Å². The molecule has 6 aliphatic rings. The predicted molar refractivity (Wildman–Crippen MR) is 228 cm³/mol. The third-order valence-corrected chi connectivity index (χ3v) is 16.0. The highest BCUT2D eigenvalue weighted by atomic mass is 16.8. The molecule has 5 N–H and O–H groups in total. The van der Waals surface area contributed by atoms with Crippen molar-refractivity contribution in [2.75, 3.05) is 27.4 Å². The minimum Gasteiger partial charge on any atom is -0.493 e. The summed E-state index contributed by atoms with van der Waals surface area (Å²) in [4.78, 5) is 40.5. The summed E-state index contributed by atoms with van der Waals surface area (Å²) in [5, 5.41) is 57.3. The summed E-state index contributed by atoms with van der Waals surface area (Å²) in [6, 6.07) is 4.31. The smallest absolute Gasteiger partial charge is 0.338 e. The Balaban J connectivity index is 1.18. The van der Waals surface area contributed by atoms with Gasteiger partial charge in [0.2, 0.25) is 0 Å². The van der Waals surface area contributed by atoms with Crippen LogP contribution in [0.4, 0.5) is 0 Å². The summed E-state index contributed by atoms with van der Waals surface area (Å²) in [6.45, 7) is 10.7. The number of ketones is 1. The van der Waals surface area contributed by atoms with E-state index < -0.39 is 90.8 Å². The van der Waals surface area contributed by atoms with Crippen LogP contribution in [-0.2, 0) is 38.0 Å². The first-order valence-corrected chi connectivity index (χ1v) is 23.1. The van der Waals surface area contributed by atoms with Crippen LogP contribution in [0.2, 0.25) is 0 Å².